The van der Waals surface area contributed by atoms with E-state index in [9.17, 15) is 14.0 Å². The van der Waals surface area contributed by atoms with Gasteiger partial charge in [-0.15, -0.1) is 0 Å². The lowest BCUT2D eigenvalue weighted by molar-refractivity contribution is 0.252. The van der Waals surface area contributed by atoms with Crippen molar-refractivity contribution >= 4 is 11.7 Å². The molecule has 0 bridgehead atoms. The van der Waals surface area contributed by atoms with Crippen LogP contribution in [0.3, 0.4) is 0 Å². The zero-order valence-electron chi connectivity index (χ0n) is 11.7. The van der Waals surface area contributed by atoms with Crippen LogP contribution in [-0.4, -0.2) is 27.3 Å². The lowest BCUT2D eigenvalue weighted by Crippen LogP contribution is -2.31. The summed E-state index contributed by atoms with van der Waals surface area (Å²) in [5, 5.41) is 11.3. The van der Waals surface area contributed by atoms with E-state index in [2.05, 4.69) is 20.8 Å². The van der Waals surface area contributed by atoms with Crippen LogP contribution in [-0.2, 0) is 13.5 Å². The first-order valence-electron chi connectivity index (χ1n) is 6.39. The lowest BCUT2D eigenvalue weighted by atomic mass is 10.2. The number of H-pyrrole nitrogens is 1. The fraction of sp³-hybridized carbons (Fsp3) is 0.308. The summed E-state index contributed by atoms with van der Waals surface area (Å²) in [4.78, 5) is 22.9. The topological polar surface area (TPSA) is 91.8 Å². The zero-order chi connectivity index (χ0) is 15.4. The molecule has 1 heterocycles. The fourth-order valence-electron chi connectivity index (χ4n) is 1.80. The normalized spacial score (nSPS) is 10.4. The van der Waals surface area contributed by atoms with Gasteiger partial charge in [0.25, 0.3) is 0 Å². The Labute approximate surface area is 120 Å². The van der Waals surface area contributed by atoms with Crippen molar-refractivity contribution in [2.24, 2.45) is 7.05 Å². The number of anilines is 1. The van der Waals surface area contributed by atoms with Crippen LogP contribution >= 0.6 is 0 Å². The molecule has 0 saturated carbocycles. The summed E-state index contributed by atoms with van der Waals surface area (Å²) in [7, 11) is 1.59. The maximum Gasteiger partial charge on any atom is 0.343 e. The Morgan fingerprint density at radius 3 is 2.90 bits per heavy atom. The van der Waals surface area contributed by atoms with Gasteiger partial charge in [0.1, 0.15) is 11.6 Å². The first-order valence-corrected chi connectivity index (χ1v) is 6.39. The quantitative estimate of drug-likeness (QED) is 0.782. The van der Waals surface area contributed by atoms with E-state index in [4.69, 9.17) is 0 Å². The Balaban J connectivity index is 1.87. The monoisotopic (exact) mass is 293 g/mol. The summed E-state index contributed by atoms with van der Waals surface area (Å²) in [6.45, 7) is 1.89. The molecule has 2 amide bonds. The van der Waals surface area contributed by atoms with Crippen LogP contribution in [0, 0.1) is 12.7 Å². The van der Waals surface area contributed by atoms with Crippen molar-refractivity contribution in [3.8, 4) is 0 Å². The van der Waals surface area contributed by atoms with Crippen molar-refractivity contribution in [3.05, 3.63) is 45.9 Å². The van der Waals surface area contributed by atoms with Crippen LogP contribution in [0.25, 0.3) is 0 Å². The van der Waals surface area contributed by atoms with E-state index in [0.717, 1.165) is 0 Å². The highest BCUT2D eigenvalue weighted by Crippen LogP contribution is 2.16. The number of carbonyl (C=O) groups excluding carboxylic acids is 1. The smallest absolute Gasteiger partial charge is 0.337 e. The van der Waals surface area contributed by atoms with Gasteiger partial charge in [0, 0.05) is 31.3 Å². The van der Waals surface area contributed by atoms with Crippen LogP contribution in [0.2, 0.25) is 0 Å². The summed E-state index contributed by atoms with van der Waals surface area (Å²) < 4.78 is 14.7. The molecule has 0 aliphatic heterocycles. The molecular weight excluding hydrogens is 277 g/mol. The zero-order valence-corrected chi connectivity index (χ0v) is 11.7. The molecule has 8 heteroatoms. The molecule has 1 aromatic heterocycles. The van der Waals surface area contributed by atoms with Gasteiger partial charge in [-0.1, -0.05) is 6.07 Å². The van der Waals surface area contributed by atoms with E-state index in [1.54, 1.807) is 20.0 Å². The van der Waals surface area contributed by atoms with Gasteiger partial charge in [0.2, 0.25) is 0 Å². The van der Waals surface area contributed by atoms with E-state index in [1.807, 2.05) is 0 Å². The van der Waals surface area contributed by atoms with Gasteiger partial charge < -0.3 is 10.6 Å². The van der Waals surface area contributed by atoms with E-state index in [1.165, 1.54) is 16.7 Å². The van der Waals surface area contributed by atoms with Crippen molar-refractivity contribution in [1.29, 1.82) is 0 Å². The Bertz CT molecular complexity index is 707. The molecule has 2 aromatic rings. The second-order valence-electron chi connectivity index (χ2n) is 4.55. The van der Waals surface area contributed by atoms with Gasteiger partial charge in [-0.3, -0.25) is 4.57 Å². The maximum absolute atomic E-state index is 13.3. The summed E-state index contributed by atoms with van der Waals surface area (Å²) >= 11 is 0. The minimum Gasteiger partial charge on any atom is -0.337 e. The lowest BCUT2D eigenvalue weighted by Gasteiger charge is -2.10. The van der Waals surface area contributed by atoms with Gasteiger partial charge >= 0.3 is 11.7 Å². The molecule has 0 unspecified atom stereocenters. The number of nitrogens with zero attached hydrogens (tertiary/aromatic N) is 2. The van der Waals surface area contributed by atoms with Gasteiger partial charge in [-0.25, -0.2) is 19.1 Å². The third-order valence-electron chi connectivity index (χ3n) is 3.12. The molecule has 0 aliphatic rings. The van der Waals surface area contributed by atoms with Crippen molar-refractivity contribution in [1.82, 2.24) is 20.1 Å². The number of nitrogens with one attached hydrogen (secondary N) is 3. The maximum atomic E-state index is 13.3. The molecule has 0 saturated heterocycles. The fourth-order valence-corrected chi connectivity index (χ4v) is 1.80. The number of rotatable bonds is 4. The van der Waals surface area contributed by atoms with E-state index in [0.29, 0.717) is 30.0 Å². The average Bonchev–Trinajstić information content (AvgIpc) is 2.76. The van der Waals surface area contributed by atoms with E-state index < -0.39 is 6.03 Å². The standard InChI is InChI=1S/C13H16FN5O2/c1-8-9(14)4-3-5-10(8)16-12(20)15-7-6-11-17-18-13(21)19(11)2/h3-5H,6-7H2,1-2H3,(H,18,21)(H2,15,16,20). The molecule has 112 valence electrons. The highest BCUT2D eigenvalue weighted by Gasteiger charge is 2.08. The molecule has 21 heavy (non-hydrogen) atoms. The Hall–Kier alpha value is -2.64. The summed E-state index contributed by atoms with van der Waals surface area (Å²) in [5.41, 5.74) is 0.492. The van der Waals surface area contributed by atoms with E-state index in [-0.39, 0.29) is 11.5 Å². The van der Waals surface area contributed by atoms with Crippen LogP contribution < -0.4 is 16.3 Å². The van der Waals surface area contributed by atoms with Gasteiger partial charge in [0.15, 0.2) is 0 Å². The molecule has 3 N–H and O–H groups in total. The Kier molecular flexibility index (Phi) is 4.36. The summed E-state index contributed by atoms with van der Waals surface area (Å²) in [6, 6.07) is 4.04. The third-order valence-corrected chi connectivity index (χ3v) is 3.12. The molecule has 0 atom stereocenters. The molecule has 0 fully saturated rings. The van der Waals surface area contributed by atoms with Crippen LogP contribution in [0.15, 0.2) is 23.0 Å². The van der Waals surface area contributed by atoms with Gasteiger partial charge in [-0.2, -0.15) is 5.10 Å². The van der Waals surface area contributed by atoms with Gasteiger partial charge in [-0.05, 0) is 19.1 Å². The first kappa shape index (κ1) is 14.8. The molecule has 7 nitrogen and oxygen atoms in total. The molecule has 2 rings (SSSR count). The number of urea groups is 1. The van der Waals surface area contributed by atoms with Crippen molar-refractivity contribution in [2.75, 3.05) is 11.9 Å². The highest BCUT2D eigenvalue weighted by atomic mass is 19.1. The number of hydrogen-bond acceptors (Lipinski definition) is 3. The number of aromatic nitrogens is 3. The molecule has 0 radical (unpaired) electrons. The Morgan fingerprint density at radius 2 is 2.24 bits per heavy atom. The van der Waals surface area contributed by atoms with Crippen molar-refractivity contribution in [3.63, 3.8) is 0 Å². The predicted octanol–water partition coefficient (Wildman–Crippen LogP) is 0.920. The highest BCUT2D eigenvalue weighted by molar-refractivity contribution is 5.90. The van der Waals surface area contributed by atoms with Crippen molar-refractivity contribution < 1.29 is 9.18 Å². The van der Waals surface area contributed by atoms with Crippen molar-refractivity contribution in [2.45, 2.75) is 13.3 Å². The largest absolute Gasteiger partial charge is 0.343 e. The molecule has 1 aromatic carbocycles. The number of benzene rings is 1. The van der Waals surface area contributed by atoms with Gasteiger partial charge in [0.05, 0.1) is 0 Å². The SMILES string of the molecule is Cc1c(F)cccc1NC(=O)NCCc1n[nH]c(=O)n1C. The number of halogens is 1. The second kappa shape index (κ2) is 6.21. The number of aromatic amines is 1. The second-order valence-corrected chi connectivity index (χ2v) is 4.55. The molecule has 0 aliphatic carbocycles. The summed E-state index contributed by atoms with van der Waals surface area (Å²) in [5.74, 6) is 0.168. The van der Waals surface area contributed by atoms with Crippen LogP contribution in [0.4, 0.5) is 14.9 Å². The van der Waals surface area contributed by atoms with Crippen LogP contribution in [0.1, 0.15) is 11.4 Å². The van der Waals surface area contributed by atoms with E-state index >= 15 is 0 Å². The van der Waals surface area contributed by atoms with Crippen LogP contribution in [0.5, 0.6) is 0 Å². The summed E-state index contributed by atoms with van der Waals surface area (Å²) in [6.07, 6.45) is 0.408. The minimum absolute atomic E-state index is 0.301. The Morgan fingerprint density at radius 1 is 1.48 bits per heavy atom. The molecular formula is C13H16FN5O2. The number of carbonyl (C=O) groups is 1. The average molecular weight is 293 g/mol. The minimum atomic E-state index is -0.441. The third kappa shape index (κ3) is 3.47. The predicted molar refractivity (Wildman–Crippen MR) is 75.7 cm³/mol. The molecule has 0 spiro atoms. The first-order chi connectivity index (χ1) is 9.99. The number of amides is 2. The number of hydrogen-bond donors (Lipinski definition) is 3.